The third-order valence-electron chi connectivity index (χ3n) is 3.32. The average Bonchev–Trinajstić information content (AvgIpc) is 2.40. The second-order valence-corrected chi connectivity index (χ2v) is 4.41. The standard InChI is InChI=1S/C17H18O/c1-3-13(4-2)17(18)12-15-10-7-9-14-8-5-6-11-16(14)15/h3,5-11H,4,12H2,1-2H3/b13-3-. The highest BCUT2D eigenvalue weighted by atomic mass is 16.1. The molecule has 92 valence electrons. The number of rotatable bonds is 4. The SMILES string of the molecule is C/C=C(/CC)C(=O)Cc1cccc2ccccc12. The number of hydrogen-bond acceptors (Lipinski definition) is 1. The summed E-state index contributed by atoms with van der Waals surface area (Å²) in [4.78, 5) is 12.2. The summed E-state index contributed by atoms with van der Waals surface area (Å²) in [6.45, 7) is 3.95. The van der Waals surface area contributed by atoms with Gasteiger partial charge in [0, 0.05) is 6.42 Å². The van der Waals surface area contributed by atoms with Crippen LogP contribution in [0, 0.1) is 0 Å². The van der Waals surface area contributed by atoms with Crippen LogP contribution < -0.4 is 0 Å². The number of ketones is 1. The van der Waals surface area contributed by atoms with E-state index in [1.165, 1.54) is 10.8 Å². The second-order valence-electron chi connectivity index (χ2n) is 4.41. The Kier molecular flexibility index (Phi) is 3.93. The minimum atomic E-state index is 0.233. The number of benzene rings is 2. The average molecular weight is 238 g/mol. The van der Waals surface area contributed by atoms with Crippen molar-refractivity contribution in [3.8, 4) is 0 Å². The summed E-state index contributed by atoms with van der Waals surface area (Å²) in [5.74, 6) is 0.233. The minimum Gasteiger partial charge on any atom is -0.294 e. The van der Waals surface area contributed by atoms with Crippen LogP contribution in [0.4, 0.5) is 0 Å². The topological polar surface area (TPSA) is 17.1 Å². The van der Waals surface area contributed by atoms with Gasteiger partial charge in [0.05, 0.1) is 0 Å². The van der Waals surface area contributed by atoms with Crippen molar-refractivity contribution >= 4 is 16.6 Å². The molecule has 1 heteroatoms. The summed E-state index contributed by atoms with van der Waals surface area (Å²) in [6.07, 6.45) is 3.22. The maximum Gasteiger partial charge on any atom is 0.162 e. The van der Waals surface area contributed by atoms with Crippen LogP contribution in [0.5, 0.6) is 0 Å². The summed E-state index contributed by atoms with van der Waals surface area (Å²) < 4.78 is 0. The largest absolute Gasteiger partial charge is 0.294 e. The molecule has 0 aliphatic rings. The zero-order valence-electron chi connectivity index (χ0n) is 10.9. The van der Waals surface area contributed by atoms with E-state index in [9.17, 15) is 4.79 Å². The Morgan fingerprint density at radius 1 is 1.11 bits per heavy atom. The highest BCUT2D eigenvalue weighted by Crippen LogP contribution is 2.20. The molecule has 0 unspecified atom stereocenters. The van der Waals surface area contributed by atoms with Crippen LogP contribution in [0.3, 0.4) is 0 Å². The highest BCUT2D eigenvalue weighted by molar-refractivity contribution is 5.99. The van der Waals surface area contributed by atoms with Crippen molar-refractivity contribution in [3.63, 3.8) is 0 Å². The molecule has 0 saturated heterocycles. The number of fused-ring (bicyclic) bond motifs is 1. The Hall–Kier alpha value is -1.89. The fourth-order valence-electron chi connectivity index (χ4n) is 2.30. The van der Waals surface area contributed by atoms with Crippen LogP contribution in [-0.2, 0) is 11.2 Å². The molecule has 18 heavy (non-hydrogen) atoms. The van der Waals surface area contributed by atoms with E-state index in [0.717, 1.165) is 17.6 Å². The first-order valence-electron chi connectivity index (χ1n) is 6.41. The first-order chi connectivity index (χ1) is 8.76. The van der Waals surface area contributed by atoms with Gasteiger partial charge in [0.15, 0.2) is 5.78 Å². The number of carbonyl (C=O) groups is 1. The molecule has 2 rings (SSSR count). The van der Waals surface area contributed by atoms with Crippen LogP contribution >= 0.6 is 0 Å². The molecule has 2 aromatic rings. The van der Waals surface area contributed by atoms with Crippen molar-refractivity contribution in [2.24, 2.45) is 0 Å². The summed E-state index contributed by atoms with van der Waals surface area (Å²) in [7, 11) is 0. The van der Waals surface area contributed by atoms with E-state index in [1.807, 2.05) is 44.2 Å². The van der Waals surface area contributed by atoms with E-state index in [-0.39, 0.29) is 5.78 Å². The number of hydrogen-bond donors (Lipinski definition) is 0. The number of carbonyl (C=O) groups excluding carboxylic acids is 1. The smallest absolute Gasteiger partial charge is 0.162 e. The summed E-state index contributed by atoms with van der Waals surface area (Å²) >= 11 is 0. The van der Waals surface area contributed by atoms with E-state index in [1.54, 1.807) is 0 Å². The third kappa shape index (κ3) is 2.51. The van der Waals surface area contributed by atoms with Gasteiger partial charge in [-0.25, -0.2) is 0 Å². The van der Waals surface area contributed by atoms with E-state index in [0.29, 0.717) is 6.42 Å². The van der Waals surface area contributed by atoms with Gasteiger partial charge in [0.25, 0.3) is 0 Å². The normalized spacial score (nSPS) is 11.8. The molecule has 0 N–H and O–H groups in total. The van der Waals surface area contributed by atoms with Gasteiger partial charge in [-0.05, 0) is 35.3 Å². The van der Waals surface area contributed by atoms with Gasteiger partial charge in [0.1, 0.15) is 0 Å². The molecule has 1 nitrogen and oxygen atoms in total. The van der Waals surface area contributed by atoms with Crippen LogP contribution in [0.15, 0.2) is 54.1 Å². The first-order valence-corrected chi connectivity index (χ1v) is 6.41. The van der Waals surface area contributed by atoms with Crippen LogP contribution in [0.2, 0.25) is 0 Å². The fraction of sp³-hybridized carbons (Fsp3) is 0.235. The van der Waals surface area contributed by atoms with Gasteiger partial charge in [-0.15, -0.1) is 0 Å². The van der Waals surface area contributed by atoms with Gasteiger partial charge < -0.3 is 0 Å². The predicted octanol–water partition coefficient (Wildman–Crippen LogP) is 4.31. The Morgan fingerprint density at radius 3 is 2.56 bits per heavy atom. The van der Waals surface area contributed by atoms with Crippen molar-refractivity contribution in [2.45, 2.75) is 26.7 Å². The van der Waals surface area contributed by atoms with E-state index in [2.05, 4.69) is 18.2 Å². The molecule has 0 radical (unpaired) electrons. The molecule has 0 atom stereocenters. The molecule has 0 heterocycles. The predicted molar refractivity (Wildman–Crippen MR) is 76.7 cm³/mol. The van der Waals surface area contributed by atoms with Crippen molar-refractivity contribution in [2.75, 3.05) is 0 Å². The van der Waals surface area contributed by atoms with Crippen LogP contribution in [0.1, 0.15) is 25.8 Å². The lowest BCUT2D eigenvalue weighted by atomic mass is 9.97. The van der Waals surface area contributed by atoms with E-state index in [4.69, 9.17) is 0 Å². The Balaban J connectivity index is 2.35. The molecular weight excluding hydrogens is 220 g/mol. The Labute approximate surface area is 108 Å². The molecule has 0 amide bonds. The van der Waals surface area contributed by atoms with Gasteiger partial charge >= 0.3 is 0 Å². The van der Waals surface area contributed by atoms with Gasteiger partial charge in [-0.3, -0.25) is 4.79 Å². The summed E-state index contributed by atoms with van der Waals surface area (Å²) in [5, 5.41) is 2.38. The van der Waals surface area contributed by atoms with Crippen molar-refractivity contribution in [1.82, 2.24) is 0 Å². The van der Waals surface area contributed by atoms with Crippen LogP contribution in [0.25, 0.3) is 10.8 Å². The Bertz CT molecular complexity index is 588. The van der Waals surface area contributed by atoms with Crippen molar-refractivity contribution in [3.05, 3.63) is 59.7 Å². The number of allylic oxidation sites excluding steroid dienone is 2. The molecule has 0 bridgehead atoms. The second kappa shape index (κ2) is 5.63. The molecule has 0 aromatic heterocycles. The first kappa shape index (κ1) is 12.6. The summed E-state index contributed by atoms with van der Waals surface area (Å²) in [6, 6.07) is 14.4. The van der Waals surface area contributed by atoms with Gasteiger partial charge in [-0.1, -0.05) is 55.5 Å². The van der Waals surface area contributed by atoms with E-state index >= 15 is 0 Å². The molecule has 0 aliphatic heterocycles. The molecule has 0 fully saturated rings. The zero-order valence-corrected chi connectivity index (χ0v) is 10.9. The summed E-state index contributed by atoms with van der Waals surface area (Å²) in [5.41, 5.74) is 2.04. The van der Waals surface area contributed by atoms with Crippen molar-refractivity contribution in [1.29, 1.82) is 0 Å². The molecule has 0 spiro atoms. The lowest BCUT2D eigenvalue weighted by molar-refractivity contribution is -0.115. The maximum atomic E-state index is 12.2. The van der Waals surface area contributed by atoms with Crippen LogP contribution in [-0.4, -0.2) is 5.78 Å². The number of Topliss-reactive ketones (excluding diaryl/α,β-unsaturated/α-hetero) is 1. The molecule has 0 aliphatic carbocycles. The maximum absolute atomic E-state index is 12.2. The highest BCUT2D eigenvalue weighted by Gasteiger charge is 2.09. The van der Waals surface area contributed by atoms with Gasteiger partial charge in [-0.2, -0.15) is 0 Å². The minimum absolute atomic E-state index is 0.233. The molecule has 2 aromatic carbocycles. The molecule has 0 saturated carbocycles. The lowest BCUT2D eigenvalue weighted by Crippen LogP contribution is -2.06. The third-order valence-corrected chi connectivity index (χ3v) is 3.32. The fourth-order valence-corrected chi connectivity index (χ4v) is 2.30. The Morgan fingerprint density at radius 2 is 1.83 bits per heavy atom. The molecular formula is C17H18O. The van der Waals surface area contributed by atoms with E-state index < -0.39 is 0 Å². The van der Waals surface area contributed by atoms with Gasteiger partial charge in [0.2, 0.25) is 0 Å². The quantitative estimate of drug-likeness (QED) is 0.725. The lowest BCUT2D eigenvalue weighted by Gasteiger charge is -2.07. The zero-order chi connectivity index (χ0) is 13.0. The monoisotopic (exact) mass is 238 g/mol. The van der Waals surface area contributed by atoms with Crippen molar-refractivity contribution < 1.29 is 4.79 Å².